The van der Waals surface area contributed by atoms with E-state index < -0.39 is 0 Å². The highest BCUT2D eigenvalue weighted by Crippen LogP contribution is 2.30. The van der Waals surface area contributed by atoms with Crippen LogP contribution >= 0.6 is 15.9 Å². The second-order valence-electron chi connectivity index (χ2n) is 5.36. The van der Waals surface area contributed by atoms with E-state index in [1.165, 1.54) is 6.33 Å². The maximum atomic E-state index is 6.05. The van der Waals surface area contributed by atoms with Crippen molar-refractivity contribution in [3.63, 3.8) is 0 Å². The first-order chi connectivity index (χ1) is 8.38. The SMILES string of the molecule is CC(C)(C)Cc1nn(-c2ccncn2)c(N)c1Br. The Kier molecular flexibility index (Phi) is 3.38. The Labute approximate surface area is 115 Å². The molecule has 2 N–H and O–H groups in total. The van der Waals surface area contributed by atoms with Crippen molar-refractivity contribution >= 4 is 21.7 Å². The van der Waals surface area contributed by atoms with Gasteiger partial charge < -0.3 is 5.73 Å². The molecule has 0 unspecified atom stereocenters. The van der Waals surface area contributed by atoms with Crippen LogP contribution in [0.15, 0.2) is 23.1 Å². The number of rotatable bonds is 2. The van der Waals surface area contributed by atoms with Crippen molar-refractivity contribution in [2.45, 2.75) is 27.2 Å². The maximum absolute atomic E-state index is 6.05. The molecule has 0 atom stereocenters. The lowest BCUT2D eigenvalue weighted by Crippen LogP contribution is -2.10. The van der Waals surface area contributed by atoms with Crippen molar-refractivity contribution in [2.24, 2.45) is 5.41 Å². The lowest BCUT2D eigenvalue weighted by atomic mass is 9.91. The van der Waals surface area contributed by atoms with Gasteiger partial charge in [0, 0.05) is 12.3 Å². The lowest BCUT2D eigenvalue weighted by molar-refractivity contribution is 0.404. The zero-order chi connectivity index (χ0) is 13.3. The highest BCUT2D eigenvalue weighted by molar-refractivity contribution is 9.10. The smallest absolute Gasteiger partial charge is 0.159 e. The van der Waals surface area contributed by atoms with Crippen LogP contribution < -0.4 is 5.73 Å². The molecule has 0 fully saturated rings. The molecule has 0 aromatic carbocycles. The fourth-order valence-corrected chi connectivity index (χ4v) is 2.05. The molecule has 2 aromatic heterocycles. The van der Waals surface area contributed by atoms with Crippen molar-refractivity contribution in [1.82, 2.24) is 19.7 Å². The molecule has 0 aliphatic carbocycles. The van der Waals surface area contributed by atoms with Gasteiger partial charge in [-0.3, -0.25) is 0 Å². The zero-order valence-corrected chi connectivity index (χ0v) is 12.3. The number of nitrogen functional groups attached to an aromatic ring is 1. The van der Waals surface area contributed by atoms with Crippen LogP contribution in [0.1, 0.15) is 26.5 Å². The van der Waals surface area contributed by atoms with E-state index in [2.05, 4.69) is 51.8 Å². The highest BCUT2D eigenvalue weighted by Gasteiger charge is 2.20. The van der Waals surface area contributed by atoms with Gasteiger partial charge in [-0.1, -0.05) is 20.8 Å². The summed E-state index contributed by atoms with van der Waals surface area (Å²) >= 11 is 3.50. The van der Waals surface area contributed by atoms with E-state index in [4.69, 9.17) is 5.73 Å². The maximum Gasteiger partial charge on any atom is 0.159 e. The Morgan fingerprint density at radius 3 is 2.67 bits per heavy atom. The van der Waals surface area contributed by atoms with Crippen molar-refractivity contribution in [2.75, 3.05) is 5.73 Å². The van der Waals surface area contributed by atoms with Gasteiger partial charge in [-0.25, -0.2) is 9.97 Å². The standard InChI is InChI=1S/C12H16BrN5/c1-12(2,3)6-8-10(13)11(14)18(17-8)9-4-5-15-7-16-9/h4-5,7H,6,14H2,1-3H3. The average molecular weight is 310 g/mol. The van der Waals surface area contributed by atoms with E-state index in [0.29, 0.717) is 11.6 Å². The van der Waals surface area contributed by atoms with Crippen LogP contribution in [0.25, 0.3) is 5.82 Å². The van der Waals surface area contributed by atoms with Gasteiger partial charge in [0.05, 0.1) is 10.2 Å². The van der Waals surface area contributed by atoms with Gasteiger partial charge in [-0.15, -0.1) is 0 Å². The molecular formula is C12H16BrN5. The fraction of sp³-hybridized carbons (Fsp3) is 0.417. The predicted molar refractivity (Wildman–Crippen MR) is 74.4 cm³/mol. The molecule has 0 saturated carbocycles. The Morgan fingerprint density at radius 1 is 1.39 bits per heavy atom. The Bertz CT molecular complexity index is 542. The number of aromatic nitrogens is 4. The second kappa shape index (κ2) is 4.68. The summed E-state index contributed by atoms with van der Waals surface area (Å²) in [5, 5.41) is 4.52. The van der Waals surface area contributed by atoms with Gasteiger partial charge in [-0.2, -0.15) is 9.78 Å². The van der Waals surface area contributed by atoms with Gasteiger partial charge in [0.2, 0.25) is 0 Å². The van der Waals surface area contributed by atoms with Crippen molar-refractivity contribution in [3.8, 4) is 5.82 Å². The third-order valence-corrected chi connectivity index (χ3v) is 3.27. The third-order valence-electron chi connectivity index (χ3n) is 2.41. The van der Waals surface area contributed by atoms with Gasteiger partial charge in [0.1, 0.15) is 12.1 Å². The Morgan fingerprint density at radius 2 is 2.11 bits per heavy atom. The first-order valence-corrected chi connectivity index (χ1v) is 6.47. The van der Waals surface area contributed by atoms with Crippen LogP contribution in [0.4, 0.5) is 5.82 Å². The normalized spacial score (nSPS) is 11.8. The highest BCUT2D eigenvalue weighted by atomic mass is 79.9. The molecule has 0 aliphatic heterocycles. The topological polar surface area (TPSA) is 69.6 Å². The summed E-state index contributed by atoms with van der Waals surface area (Å²) in [4.78, 5) is 8.03. The Balaban J connectivity index is 2.43. The number of anilines is 1. The number of nitrogens with two attached hydrogens (primary N) is 1. The summed E-state index contributed by atoms with van der Waals surface area (Å²) in [6, 6.07) is 1.77. The molecule has 0 radical (unpaired) electrons. The first kappa shape index (κ1) is 13.0. The summed E-state index contributed by atoms with van der Waals surface area (Å²) in [5.41, 5.74) is 7.14. The largest absolute Gasteiger partial charge is 0.383 e. The molecule has 2 heterocycles. The lowest BCUT2D eigenvalue weighted by Gasteiger charge is -2.16. The molecule has 0 aliphatic rings. The van der Waals surface area contributed by atoms with E-state index in [1.807, 2.05) is 0 Å². The van der Waals surface area contributed by atoms with Gasteiger partial charge >= 0.3 is 0 Å². The molecule has 18 heavy (non-hydrogen) atoms. The molecule has 0 amide bonds. The summed E-state index contributed by atoms with van der Waals surface area (Å²) in [5.74, 6) is 1.23. The van der Waals surface area contributed by atoms with E-state index >= 15 is 0 Å². The minimum Gasteiger partial charge on any atom is -0.383 e. The van der Waals surface area contributed by atoms with Crippen LogP contribution in [-0.4, -0.2) is 19.7 Å². The average Bonchev–Trinajstić information content (AvgIpc) is 2.57. The summed E-state index contributed by atoms with van der Waals surface area (Å²) in [6.07, 6.45) is 3.99. The number of nitrogens with zero attached hydrogens (tertiary/aromatic N) is 4. The molecule has 5 nitrogen and oxygen atoms in total. The summed E-state index contributed by atoms with van der Waals surface area (Å²) in [7, 11) is 0. The quantitative estimate of drug-likeness (QED) is 0.925. The second-order valence-corrected chi connectivity index (χ2v) is 6.16. The predicted octanol–water partition coefficient (Wildman–Crippen LogP) is 2.60. The van der Waals surface area contributed by atoms with Crippen LogP contribution in [0, 0.1) is 5.41 Å². The molecule has 6 heteroatoms. The number of hydrogen-bond donors (Lipinski definition) is 1. The van der Waals surface area contributed by atoms with Crippen LogP contribution in [0.5, 0.6) is 0 Å². The van der Waals surface area contributed by atoms with E-state index in [9.17, 15) is 0 Å². The summed E-state index contributed by atoms with van der Waals surface area (Å²) < 4.78 is 2.48. The zero-order valence-electron chi connectivity index (χ0n) is 10.7. The van der Waals surface area contributed by atoms with Crippen molar-refractivity contribution in [1.29, 1.82) is 0 Å². The van der Waals surface area contributed by atoms with E-state index in [0.717, 1.165) is 16.6 Å². The van der Waals surface area contributed by atoms with Crippen LogP contribution in [0.3, 0.4) is 0 Å². The van der Waals surface area contributed by atoms with Crippen LogP contribution in [-0.2, 0) is 6.42 Å². The molecule has 0 bridgehead atoms. The molecule has 2 rings (SSSR count). The van der Waals surface area contributed by atoms with Gasteiger partial charge in [0.25, 0.3) is 0 Å². The fourth-order valence-electron chi connectivity index (χ4n) is 1.66. The molecular weight excluding hydrogens is 294 g/mol. The molecule has 96 valence electrons. The number of halogens is 1. The monoisotopic (exact) mass is 309 g/mol. The van der Waals surface area contributed by atoms with Crippen molar-refractivity contribution in [3.05, 3.63) is 28.8 Å². The molecule has 0 saturated heterocycles. The van der Waals surface area contributed by atoms with Gasteiger partial charge in [0.15, 0.2) is 5.82 Å². The summed E-state index contributed by atoms with van der Waals surface area (Å²) in [6.45, 7) is 6.50. The molecule has 2 aromatic rings. The number of hydrogen-bond acceptors (Lipinski definition) is 4. The minimum atomic E-state index is 0.153. The molecule has 0 spiro atoms. The van der Waals surface area contributed by atoms with Gasteiger partial charge in [-0.05, 0) is 27.8 Å². The van der Waals surface area contributed by atoms with E-state index in [-0.39, 0.29) is 5.41 Å². The minimum absolute atomic E-state index is 0.153. The third kappa shape index (κ3) is 2.69. The first-order valence-electron chi connectivity index (χ1n) is 5.68. The van der Waals surface area contributed by atoms with E-state index in [1.54, 1.807) is 16.9 Å². The van der Waals surface area contributed by atoms with Crippen molar-refractivity contribution < 1.29 is 0 Å². The van der Waals surface area contributed by atoms with Crippen LogP contribution in [0.2, 0.25) is 0 Å². The Hall–Kier alpha value is -1.43.